The van der Waals surface area contributed by atoms with Crippen LogP contribution in [0, 0.1) is 6.92 Å². The van der Waals surface area contributed by atoms with E-state index in [4.69, 9.17) is 11.6 Å². The van der Waals surface area contributed by atoms with Crippen molar-refractivity contribution in [1.29, 1.82) is 0 Å². The van der Waals surface area contributed by atoms with E-state index in [0.29, 0.717) is 5.95 Å². The van der Waals surface area contributed by atoms with Crippen LogP contribution in [-0.2, 0) is 0 Å². The molecule has 0 amide bonds. The molecule has 4 heteroatoms. The van der Waals surface area contributed by atoms with Gasteiger partial charge in [0.15, 0.2) is 0 Å². The minimum absolute atomic E-state index is 0.243. The summed E-state index contributed by atoms with van der Waals surface area (Å²) in [6, 6.07) is 1.88. The van der Waals surface area contributed by atoms with Gasteiger partial charge in [0, 0.05) is 23.8 Å². The summed E-state index contributed by atoms with van der Waals surface area (Å²) in [4.78, 5) is 8.33. The van der Waals surface area contributed by atoms with Crippen LogP contribution < -0.4 is 5.32 Å². The fraction of sp³-hybridized carbons (Fsp3) is 0.600. The Morgan fingerprint density at radius 1 is 1.57 bits per heavy atom. The van der Waals surface area contributed by atoms with Crippen molar-refractivity contribution in [3.8, 4) is 0 Å². The second kappa shape index (κ2) is 5.81. The van der Waals surface area contributed by atoms with E-state index in [1.807, 2.05) is 13.0 Å². The van der Waals surface area contributed by atoms with E-state index in [9.17, 15) is 0 Å². The molecule has 1 heterocycles. The molecule has 0 bridgehead atoms. The summed E-state index contributed by atoms with van der Waals surface area (Å²) in [5.41, 5.74) is 0.973. The normalized spacial score (nSPS) is 12.5. The van der Waals surface area contributed by atoms with E-state index in [1.165, 1.54) is 0 Å². The Balaban J connectivity index is 2.31. The van der Waals surface area contributed by atoms with Gasteiger partial charge in [-0.2, -0.15) is 0 Å². The van der Waals surface area contributed by atoms with E-state index in [1.54, 1.807) is 6.20 Å². The fourth-order valence-electron chi connectivity index (χ4n) is 1.08. The number of aryl methyl sites for hydroxylation is 1. The number of nitrogens with zero attached hydrogens (tertiary/aromatic N) is 2. The molecule has 0 spiro atoms. The fourth-order valence-corrected chi connectivity index (χ4v) is 1.19. The lowest BCUT2D eigenvalue weighted by Gasteiger charge is -2.07. The second-order valence-corrected chi connectivity index (χ2v) is 3.86. The van der Waals surface area contributed by atoms with E-state index in [2.05, 4.69) is 22.2 Å². The third kappa shape index (κ3) is 3.92. The van der Waals surface area contributed by atoms with Crippen molar-refractivity contribution in [1.82, 2.24) is 9.97 Å². The molecule has 1 aromatic heterocycles. The van der Waals surface area contributed by atoms with E-state index in [-0.39, 0.29) is 5.38 Å². The summed E-state index contributed by atoms with van der Waals surface area (Å²) in [7, 11) is 0. The summed E-state index contributed by atoms with van der Waals surface area (Å²) in [5.74, 6) is 0.685. The largest absolute Gasteiger partial charge is 0.354 e. The maximum atomic E-state index is 5.98. The third-order valence-corrected chi connectivity index (χ3v) is 2.51. The third-order valence-electron chi connectivity index (χ3n) is 1.98. The minimum Gasteiger partial charge on any atom is -0.354 e. The van der Waals surface area contributed by atoms with E-state index >= 15 is 0 Å². The second-order valence-electron chi connectivity index (χ2n) is 3.24. The molecule has 0 aliphatic rings. The first-order valence-corrected chi connectivity index (χ1v) is 5.33. The number of hydrogen-bond donors (Lipinski definition) is 1. The van der Waals surface area contributed by atoms with Crippen LogP contribution in [0.15, 0.2) is 12.3 Å². The van der Waals surface area contributed by atoms with Crippen molar-refractivity contribution in [3.05, 3.63) is 18.0 Å². The standard InChI is InChI=1S/C10H16ClN3/c1-3-9(11)5-7-13-10-12-6-4-8(2)14-10/h4,6,9H,3,5,7H2,1-2H3,(H,12,13,14). The molecule has 0 aromatic carbocycles. The molecular weight excluding hydrogens is 198 g/mol. The molecule has 1 unspecified atom stereocenters. The summed E-state index contributed by atoms with van der Waals surface area (Å²) >= 11 is 5.98. The van der Waals surface area contributed by atoms with Crippen molar-refractivity contribution < 1.29 is 0 Å². The van der Waals surface area contributed by atoms with Crippen LogP contribution in [-0.4, -0.2) is 21.9 Å². The maximum Gasteiger partial charge on any atom is 0.222 e. The van der Waals surface area contributed by atoms with Crippen molar-refractivity contribution in [2.45, 2.75) is 32.1 Å². The summed E-state index contributed by atoms with van der Waals surface area (Å²) in [5, 5.41) is 3.39. The zero-order valence-corrected chi connectivity index (χ0v) is 9.38. The van der Waals surface area contributed by atoms with Gasteiger partial charge in [-0.05, 0) is 25.8 Å². The summed E-state index contributed by atoms with van der Waals surface area (Å²) in [6.45, 7) is 4.86. The van der Waals surface area contributed by atoms with Crippen molar-refractivity contribution in [2.75, 3.05) is 11.9 Å². The highest BCUT2D eigenvalue weighted by molar-refractivity contribution is 6.20. The average molecular weight is 214 g/mol. The highest BCUT2D eigenvalue weighted by Gasteiger charge is 2.01. The highest BCUT2D eigenvalue weighted by atomic mass is 35.5. The van der Waals surface area contributed by atoms with Gasteiger partial charge in [-0.15, -0.1) is 11.6 Å². The molecule has 1 atom stereocenters. The van der Waals surface area contributed by atoms with Gasteiger partial charge in [-0.25, -0.2) is 9.97 Å². The molecule has 1 N–H and O–H groups in total. The topological polar surface area (TPSA) is 37.8 Å². The smallest absolute Gasteiger partial charge is 0.222 e. The molecule has 78 valence electrons. The Labute approximate surface area is 89.9 Å². The zero-order chi connectivity index (χ0) is 10.4. The summed E-state index contributed by atoms with van der Waals surface area (Å²) in [6.07, 6.45) is 3.69. The first-order valence-electron chi connectivity index (χ1n) is 4.90. The van der Waals surface area contributed by atoms with Crippen molar-refractivity contribution >= 4 is 17.5 Å². The average Bonchev–Trinajstić information content (AvgIpc) is 2.17. The number of rotatable bonds is 5. The lowest BCUT2D eigenvalue weighted by atomic mass is 10.2. The lowest BCUT2D eigenvalue weighted by Crippen LogP contribution is -2.10. The van der Waals surface area contributed by atoms with E-state index in [0.717, 1.165) is 25.1 Å². The number of alkyl halides is 1. The number of halogens is 1. The molecule has 3 nitrogen and oxygen atoms in total. The molecule has 14 heavy (non-hydrogen) atoms. The Hall–Kier alpha value is -0.830. The molecule has 1 aromatic rings. The quantitative estimate of drug-likeness (QED) is 0.765. The van der Waals surface area contributed by atoms with Crippen LogP contribution in [0.5, 0.6) is 0 Å². The molecule has 0 saturated heterocycles. The maximum absolute atomic E-state index is 5.98. The van der Waals surface area contributed by atoms with Crippen LogP contribution in [0.4, 0.5) is 5.95 Å². The Bertz CT molecular complexity index is 278. The monoisotopic (exact) mass is 213 g/mol. The highest BCUT2D eigenvalue weighted by Crippen LogP contribution is 2.06. The number of nitrogens with one attached hydrogen (secondary N) is 1. The van der Waals surface area contributed by atoms with Gasteiger partial charge in [0.2, 0.25) is 5.95 Å². The van der Waals surface area contributed by atoms with Crippen LogP contribution >= 0.6 is 11.6 Å². The predicted molar refractivity (Wildman–Crippen MR) is 59.8 cm³/mol. The molecule has 0 fully saturated rings. The number of aromatic nitrogens is 2. The van der Waals surface area contributed by atoms with Crippen molar-refractivity contribution in [3.63, 3.8) is 0 Å². The first kappa shape index (κ1) is 11.2. The van der Waals surface area contributed by atoms with Crippen molar-refractivity contribution in [2.24, 2.45) is 0 Å². The minimum atomic E-state index is 0.243. The molecule has 0 saturated carbocycles. The lowest BCUT2D eigenvalue weighted by molar-refractivity contribution is 0.749. The van der Waals surface area contributed by atoms with Crippen LogP contribution in [0.25, 0.3) is 0 Å². The van der Waals surface area contributed by atoms with Gasteiger partial charge in [-0.1, -0.05) is 6.92 Å². The molecule has 0 radical (unpaired) electrons. The van der Waals surface area contributed by atoms with Crippen LogP contribution in [0.1, 0.15) is 25.5 Å². The zero-order valence-electron chi connectivity index (χ0n) is 8.63. The SMILES string of the molecule is CCC(Cl)CCNc1nccc(C)n1. The van der Waals surface area contributed by atoms with Gasteiger partial charge in [0.05, 0.1) is 0 Å². The number of hydrogen-bond acceptors (Lipinski definition) is 3. The summed E-state index contributed by atoms with van der Waals surface area (Å²) < 4.78 is 0. The molecule has 1 rings (SSSR count). The van der Waals surface area contributed by atoms with Gasteiger partial charge >= 0.3 is 0 Å². The van der Waals surface area contributed by atoms with Crippen LogP contribution in [0.2, 0.25) is 0 Å². The van der Waals surface area contributed by atoms with Gasteiger partial charge in [0.1, 0.15) is 0 Å². The Morgan fingerprint density at radius 3 is 3.00 bits per heavy atom. The Morgan fingerprint density at radius 2 is 2.36 bits per heavy atom. The Kier molecular flexibility index (Phi) is 4.66. The number of anilines is 1. The molecule has 0 aliphatic carbocycles. The molecular formula is C10H16ClN3. The molecule has 0 aliphatic heterocycles. The van der Waals surface area contributed by atoms with Crippen LogP contribution in [0.3, 0.4) is 0 Å². The van der Waals surface area contributed by atoms with Gasteiger partial charge < -0.3 is 5.32 Å². The van der Waals surface area contributed by atoms with Gasteiger partial charge in [-0.3, -0.25) is 0 Å². The van der Waals surface area contributed by atoms with E-state index < -0.39 is 0 Å². The van der Waals surface area contributed by atoms with Gasteiger partial charge in [0.25, 0.3) is 0 Å². The predicted octanol–water partition coefficient (Wildman–Crippen LogP) is 2.60. The first-order chi connectivity index (χ1) is 6.72.